The van der Waals surface area contributed by atoms with E-state index in [9.17, 15) is 4.79 Å². The third kappa shape index (κ3) is 3.00. The third-order valence-electron chi connectivity index (χ3n) is 4.69. The lowest BCUT2D eigenvalue weighted by atomic mass is 9.86. The molecule has 2 N–H and O–H groups in total. The van der Waals surface area contributed by atoms with Gasteiger partial charge in [0.1, 0.15) is 6.33 Å². The first kappa shape index (κ1) is 16.1. The van der Waals surface area contributed by atoms with Crippen LogP contribution in [0.2, 0.25) is 0 Å². The number of H-pyrrole nitrogens is 1. The van der Waals surface area contributed by atoms with Gasteiger partial charge < -0.3 is 5.32 Å². The first-order valence-corrected chi connectivity index (χ1v) is 8.78. The van der Waals surface area contributed by atoms with Crippen molar-refractivity contribution >= 4 is 17.7 Å². The van der Waals surface area contributed by atoms with Gasteiger partial charge in [0.15, 0.2) is 5.16 Å². The van der Waals surface area contributed by atoms with Gasteiger partial charge in [0.25, 0.3) is 0 Å². The van der Waals surface area contributed by atoms with Gasteiger partial charge in [-0.25, -0.2) is 4.98 Å². The van der Waals surface area contributed by atoms with E-state index in [1.165, 1.54) is 11.9 Å². The average molecular weight is 330 g/mol. The highest BCUT2D eigenvalue weighted by Gasteiger charge is 2.66. The van der Waals surface area contributed by atoms with Crippen molar-refractivity contribution in [1.29, 1.82) is 0 Å². The van der Waals surface area contributed by atoms with Crippen molar-refractivity contribution in [2.24, 2.45) is 5.41 Å². The molecule has 1 heterocycles. The molecule has 0 aliphatic heterocycles. The highest BCUT2D eigenvalue weighted by molar-refractivity contribution is 7.99. The second-order valence-electron chi connectivity index (χ2n) is 6.73. The van der Waals surface area contributed by atoms with Gasteiger partial charge >= 0.3 is 0 Å². The number of carbonyl (C=O) groups excluding carboxylic acids is 1. The molecule has 0 bridgehead atoms. The second kappa shape index (κ2) is 6.00. The van der Waals surface area contributed by atoms with Crippen molar-refractivity contribution in [1.82, 2.24) is 20.5 Å². The van der Waals surface area contributed by atoms with Crippen molar-refractivity contribution in [2.75, 3.05) is 12.3 Å². The molecule has 6 heteroatoms. The SMILES string of the molecule is Cc1ccc([C@]2(C(=O)NCCSc3ncn[nH]3)CC2(C)C)cc1. The standard InChI is InChI=1S/C17H22N4OS/c1-12-4-6-13(7-5-12)17(10-16(17,2)3)14(22)18-8-9-23-15-19-11-20-21-15/h4-7,11H,8-10H2,1-3H3,(H,18,22)(H,19,20,21)/t17-/m0/s1. The molecular weight excluding hydrogens is 308 g/mol. The normalized spacial score (nSPS) is 21.9. The van der Waals surface area contributed by atoms with E-state index in [4.69, 9.17) is 0 Å². The zero-order valence-corrected chi connectivity index (χ0v) is 14.5. The minimum absolute atomic E-state index is 0.00438. The van der Waals surface area contributed by atoms with Gasteiger partial charge in [-0.1, -0.05) is 55.4 Å². The average Bonchev–Trinajstić information content (AvgIpc) is 2.88. The Bertz CT molecular complexity index is 681. The van der Waals surface area contributed by atoms with E-state index < -0.39 is 5.41 Å². The number of hydrogen-bond acceptors (Lipinski definition) is 4. The molecule has 1 aliphatic carbocycles. The number of nitrogens with one attached hydrogen (secondary N) is 2. The fourth-order valence-corrected chi connectivity index (χ4v) is 3.83. The molecule has 0 saturated heterocycles. The maximum Gasteiger partial charge on any atom is 0.231 e. The topological polar surface area (TPSA) is 70.7 Å². The molecule has 3 rings (SSSR count). The van der Waals surface area contributed by atoms with Crippen LogP contribution in [-0.2, 0) is 10.2 Å². The first-order chi connectivity index (χ1) is 11.0. The number of aryl methyl sites for hydroxylation is 1. The fourth-order valence-electron chi connectivity index (χ4n) is 3.20. The Morgan fingerprint density at radius 1 is 1.35 bits per heavy atom. The van der Waals surface area contributed by atoms with E-state index in [2.05, 4.69) is 65.5 Å². The summed E-state index contributed by atoms with van der Waals surface area (Å²) in [5.74, 6) is 0.898. The van der Waals surface area contributed by atoms with Crippen molar-refractivity contribution in [2.45, 2.75) is 37.8 Å². The quantitative estimate of drug-likeness (QED) is 0.631. The van der Waals surface area contributed by atoms with Crippen LogP contribution in [0.3, 0.4) is 0 Å². The molecule has 5 nitrogen and oxygen atoms in total. The molecule has 1 fully saturated rings. The van der Waals surface area contributed by atoms with Crippen LogP contribution < -0.4 is 5.32 Å². The lowest BCUT2D eigenvalue weighted by Gasteiger charge is -2.21. The van der Waals surface area contributed by atoms with E-state index in [-0.39, 0.29) is 11.3 Å². The molecule has 1 amide bonds. The summed E-state index contributed by atoms with van der Waals surface area (Å²) in [4.78, 5) is 16.9. The van der Waals surface area contributed by atoms with Crippen LogP contribution in [0.1, 0.15) is 31.4 Å². The molecule has 1 atom stereocenters. The molecule has 1 aromatic heterocycles. The predicted molar refractivity (Wildman–Crippen MR) is 91.4 cm³/mol. The number of benzene rings is 1. The Labute approximate surface area is 140 Å². The maximum atomic E-state index is 12.8. The largest absolute Gasteiger partial charge is 0.354 e. The van der Waals surface area contributed by atoms with Crippen molar-refractivity contribution in [3.05, 3.63) is 41.7 Å². The lowest BCUT2D eigenvalue weighted by Crippen LogP contribution is -2.38. The second-order valence-corrected chi connectivity index (χ2v) is 7.81. The molecule has 2 aromatic rings. The summed E-state index contributed by atoms with van der Waals surface area (Å²) in [6.07, 6.45) is 2.38. The number of thioether (sulfide) groups is 1. The van der Waals surface area contributed by atoms with Gasteiger partial charge in [-0.05, 0) is 24.3 Å². The summed E-state index contributed by atoms with van der Waals surface area (Å²) in [5, 5.41) is 10.5. The van der Waals surface area contributed by atoms with Crippen molar-refractivity contribution in [3.63, 3.8) is 0 Å². The third-order valence-corrected chi connectivity index (χ3v) is 5.57. The summed E-state index contributed by atoms with van der Waals surface area (Å²) in [5.41, 5.74) is 1.95. The van der Waals surface area contributed by atoms with Crippen LogP contribution >= 0.6 is 11.8 Å². The number of aromatic amines is 1. The lowest BCUT2D eigenvalue weighted by molar-refractivity contribution is -0.124. The fraction of sp³-hybridized carbons (Fsp3) is 0.471. The smallest absolute Gasteiger partial charge is 0.231 e. The highest BCUT2D eigenvalue weighted by atomic mass is 32.2. The zero-order chi connectivity index (χ0) is 16.5. The van der Waals surface area contributed by atoms with Crippen LogP contribution in [0.15, 0.2) is 35.7 Å². The Morgan fingerprint density at radius 2 is 2.04 bits per heavy atom. The highest BCUT2D eigenvalue weighted by Crippen LogP contribution is 2.64. The van der Waals surface area contributed by atoms with Crippen molar-refractivity contribution in [3.8, 4) is 0 Å². The molecule has 1 saturated carbocycles. The Kier molecular flexibility index (Phi) is 4.19. The Balaban J connectivity index is 1.62. The number of amides is 1. The van der Waals surface area contributed by atoms with Gasteiger partial charge in [-0.3, -0.25) is 9.89 Å². The molecule has 1 aliphatic rings. The maximum absolute atomic E-state index is 12.8. The van der Waals surface area contributed by atoms with Crippen LogP contribution in [0, 0.1) is 12.3 Å². The molecular formula is C17H22N4OS. The van der Waals surface area contributed by atoms with Gasteiger partial charge in [-0.2, -0.15) is 5.10 Å². The number of rotatable bonds is 6. The molecule has 23 heavy (non-hydrogen) atoms. The van der Waals surface area contributed by atoms with Crippen LogP contribution in [0.4, 0.5) is 0 Å². The molecule has 122 valence electrons. The van der Waals surface area contributed by atoms with Gasteiger partial charge in [0.2, 0.25) is 5.91 Å². The van der Waals surface area contributed by atoms with Crippen LogP contribution in [-0.4, -0.2) is 33.4 Å². The summed E-state index contributed by atoms with van der Waals surface area (Å²) >= 11 is 1.55. The zero-order valence-electron chi connectivity index (χ0n) is 13.7. The van der Waals surface area contributed by atoms with E-state index in [0.29, 0.717) is 6.54 Å². The Hall–Kier alpha value is -1.82. The van der Waals surface area contributed by atoms with E-state index >= 15 is 0 Å². The predicted octanol–water partition coefficient (Wildman–Crippen LogP) is 2.69. The van der Waals surface area contributed by atoms with E-state index in [1.54, 1.807) is 11.8 Å². The molecule has 0 radical (unpaired) electrons. The summed E-state index contributed by atoms with van der Waals surface area (Å²) in [6, 6.07) is 8.34. The van der Waals surface area contributed by atoms with E-state index in [1.807, 2.05) is 0 Å². The molecule has 0 unspecified atom stereocenters. The number of hydrogen-bond donors (Lipinski definition) is 2. The van der Waals surface area contributed by atoms with Crippen LogP contribution in [0.5, 0.6) is 0 Å². The minimum atomic E-state index is -0.391. The van der Waals surface area contributed by atoms with Gasteiger partial charge in [0, 0.05) is 12.3 Å². The summed E-state index contributed by atoms with van der Waals surface area (Å²) < 4.78 is 0. The molecule has 0 spiro atoms. The number of carbonyl (C=O) groups is 1. The minimum Gasteiger partial charge on any atom is -0.354 e. The summed E-state index contributed by atoms with van der Waals surface area (Å²) in [7, 11) is 0. The van der Waals surface area contributed by atoms with Gasteiger partial charge in [-0.15, -0.1) is 0 Å². The van der Waals surface area contributed by atoms with Crippen molar-refractivity contribution < 1.29 is 4.79 Å². The van der Waals surface area contributed by atoms with Crippen LogP contribution in [0.25, 0.3) is 0 Å². The Morgan fingerprint density at radius 3 is 2.61 bits per heavy atom. The first-order valence-electron chi connectivity index (χ1n) is 7.79. The summed E-state index contributed by atoms with van der Waals surface area (Å²) in [6.45, 7) is 7.01. The number of aromatic nitrogens is 3. The van der Waals surface area contributed by atoms with Gasteiger partial charge in [0.05, 0.1) is 5.41 Å². The number of nitrogens with zero attached hydrogens (tertiary/aromatic N) is 2. The molecule has 1 aromatic carbocycles. The van der Waals surface area contributed by atoms with E-state index in [0.717, 1.165) is 22.9 Å². The monoisotopic (exact) mass is 330 g/mol.